The minimum absolute atomic E-state index is 0.134. The molecule has 2 atom stereocenters. The normalized spacial score (nSPS) is 31.5. The summed E-state index contributed by atoms with van der Waals surface area (Å²) in [6.07, 6.45) is 4.94. The van der Waals surface area contributed by atoms with Gasteiger partial charge in [0.15, 0.2) is 0 Å². The maximum absolute atomic E-state index is 12.2. The van der Waals surface area contributed by atoms with Gasteiger partial charge in [0.2, 0.25) is 0 Å². The van der Waals surface area contributed by atoms with Crippen molar-refractivity contribution in [2.75, 3.05) is 13.2 Å². The van der Waals surface area contributed by atoms with Crippen molar-refractivity contribution in [3.63, 3.8) is 0 Å². The molecule has 0 aromatic carbocycles. The molecule has 2 unspecified atom stereocenters. The van der Waals surface area contributed by atoms with Gasteiger partial charge < -0.3 is 4.74 Å². The quantitative estimate of drug-likeness (QED) is 0.720. The Morgan fingerprint density at radius 3 is 2.53 bits per heavy atom. The van der Waals surface area contributed by atoms with Gasteiger partial charge in [0.25, 0.3) is 0 Å². The maximum atomic E-state index is 12.2. The Morgan fingerprint density at radius 1 is 1.13 bits per heavy atom. The predicted molar refractivity (Wildman–Crippen MR) is 59.2 cm³/mol. The van der Waals surface area contributed by atoms with Crippen molar-refractivity contribution in [2.24, 2.45) is 0 Å². The first-order valence-electron chi connectivity index (χ1n) is 5.76. The van der Waals surface area contributed by atoms with Gasteiger partial charge in [-0.3, -0.25) is 9.00 Å². The number of hydrogen-bond acceptors (Lipinski definition) is 3. The van der Waals surface area contributed by atoms with Gasteiger partial charge in [-0.25, -0.2) is 0 Å². The molecular formula is C11H18O3S. The van der Waals surface area contributed by atoms with Crippen molar-refractivity contribution in [3.8, 4) is 0 Å². The summed E-state index contributed by atoms with van der Waals surface area (Å²) in [7, 11) is -0.814. The molecule has 86 valence electrons. The minimum atomic E-state index is -0.814. The Morgan fingerprint density at radius 2 is 1.87 bits per heavy atom. The molecule has 1 aliphatic heterocycles. The molecule has 2 fully saturated rings. The summed E-state index contributed by atoms with van der Waals surface area (Å²) < 4.78 is 17.5. The van der Waals surface area contributed by atoms with Crippen LogP contribution in [0.25, 0.3) is 0 Å². The van der Waals surface area contributed by atoms with E-state index in [2.05, 4.69) is 0 Å². The summed E-state index contributed by atoms with van der Waals surface area (Å²) >= 11 is 0. The molecule has 0 aromatic rings. The second kappa shape index (κ2) is 5.21. The number of ketones is 1. The average molecular weight is 230 g/mol. The average Bonchev–Trinajstić information content (AvgIpc) is 2.29. The van der Waals surface area contributed by atoms with Crippen molar-refractivity contribution in [2.45, 2.75) is 49.0 Å². The van der Waals surface area contributed by atoms with Gasteiger partial charge in [-0.1, -0.05) is 0 Å². The highest BCUT2D eigenvalue weighted by atomic mass is 32.2. The number of carbonyl (C=O) groups excluding carboxylic acids is 1. The monoisotopic (exact) mass is 230 g/mol. The van der Waals surface area contributed by atoms with E-state index in [9.17, 15) is 9.00 Å². The fraction of sp³-hybridized carbons (Fsp3) is 0.909. The van der Waals surface area contributed by atoms with Crippen LogP contribution in [-0.2, 0) is 20.3 Å². The highest BCUT2D eigenvalue weighted by molar-refractivity contribution is 7.86. The molecule has 4 heteroatoms. The van der Waals surface area contributed by atoms with Gasteiger partial charge in [0, 0.05) is 47.4 Å². The summed E-state index contributed by atoms with van der Waals surface area (Å²) in [5.74, 6) is 0.298. The summed E-state index contributed by atoms with van der Waals surface area (Å²) in [5, 5.41) is 0.406. The molecule has 0 aromatic heterocycles. The molecule has 0 spiro atoms. The zero-order valence-electron chi connectivity index (χ0n) is 8.94. The third-order valence-corrected chi connectivity index (χ3v) is 5.45. The standard InChI is InChI=1S/C11H18O3S/c12-9-2-1-3-11(8-9)15(13)10-4-6-14-7-5-10/h10-11H,1-8H2. The number of ether oxygens (including phenoxy) is 1. The SMILES string of the molecule is O=C1CCCC(S(=O)C2CCOCC2)C1. The molecule has 1 saturated carbocycles. The first kappa shape index (κ1) is 11.3. The molecule has 0 amide bonds. The van der Waals surface area contributed by atoms with Crippen LogP contribution in [0.5, 0.6) is 0 Å². The molecule has 0 radical (unpaired) electrons. The van der Waals surface area contributed by atoms with Crippen LogP contribution in [0.3, 0.4) is 0 Å². The van der Waals surface area contributed by atoms with Crippen molar-refractivity contribution in [1.29, 1.82) is 0 Å². The molecule has 2 rings (SSSR count). The van der Waals surface area contributed by atoms with E-state index in [1.165, 1.54) is 0 Å². The van der Waals surface area contributed by atoms with Crippen molar-refractivity contribution < 1.29 is 13.7 Å². The van der Waals surface area contributed by atoms with Crippen molar-refractivity contribution in [1.82, 2.24) is 0 Å². The van der Waals surface area contributed by atoms with Gasteiger partial charge in [-0.2, -0.15) is 0 Å². The maximum Gasteiger partial charge on any atom is 0.134 e. The van der Waals surface area contributed by atoms with Crippen LogP contribution >= 0.6 is 0 Å². The Bertz CT molecular complexity index is 259. The minimum Gasteiger partial charge on any atom is -0.381 e. The summed E-state index contributed by atoms with van der Waals surface area (Å²) in [4.78, 5) is 11.3. The highest BCUT2D eigenvalue weighted by Gasteiger charge is 2.30. The summed E-state index contributed by atoms with van der Waals surface area (Å²) in [6, 6.07) is 0. The van der Waals surface area contributed by atoms with Gasteiger partial charge in [0.05, 0.1) is 0 Å². The van der Waals surface area contributed by atoms with Crippen LogP contribution in [0.1, 0.15) is 38.5 Å². The second-order valence-corrected chi connectivity index (χ2v) is 6.39. The van der Waals surface area contributed by atoms with Crippen LogP contribution < -0.4 is 0 Å². The predicted octanol–water partition coefficient (Wildman–Crippen LogP) is 1.43. The zero-order valence-corrected chi connectivity index (χ0v) is 9.76. The largest absolute Gasteiger partial charge is 0.381 e. The number of rotatable bonds is 2. The van der Waals surface area contributed by atoms with Crippen LogP contribution in [-0.4, -0.2) is 33.7 Å². The lowest BCUT2D eigenvalue weighted by atomic mass is 9.99. The lowest BCUT2D eigenvalue weighted by Gasteiger charge is -2.27. The van der Waals surface area contributed by atoms with Gasteiger partial charge in [0.1, 0.15) is 5.78 Å². The smallest absolute Gasteiger partial charge is 0.134 e. The molecule has 1 saturated heterocycles. The first-order valence-corrected chi connectivity index (χ1v) is 7.04. The van der Waals surface area contributed by atoms with E-state index in [-0.39, 0.29) is 10.5 Å². The van der Waals surface area contributed by atoms with Crippen molar-refractivity contribution in [3.05, 3.63) is 0 Å². The molecule has 2 aliphatic rings. The van der Waals surface area contributed by atoms with E-state index >= 15 is 0 Å². The second-order valence-electron chi connectivity index (χ2n) is 4.40. The zero-order chi connectivity index (χ0) is 10.7. The van der Waals surface area contributed by atoms with Crippen LogP contribution in [0, 0.1) is 0 Å². The first-order chi connectivity index (χ1) is 7.27. The number of Topliss-reactive ketones (excluding diaryl/α,β-unsaturated/α-hetero) is 1. The van der Waals surface area contributed by atoms with E-state index in [1.807, 2.05) is 0 Å². The third kappa shape index (κ3) is 2.88. The topological polar surface area (TPSA) is 43.4 Å². The Hall–Kier alpha value is -0.220. The molecular weight excluding hydrogens is 212 g/mol. The van der Waals surface area contributed by atoms with Gasteiger partial charge in [-0.05, 0) is 25.7 Å². The van der Waals surface area contributed by atoms with Crippen LogP contribution in [0.2, 0.25) is 0 Å². The molecule has 0 bridgehead atoms. The lowest BCUT2D eigenvalue weighted by molar-refractivity contribution is -0.120. The number of hydrogen-bond donors (Lipinski definition) is 0. The Labute approximate surface area is 93.0 Å². The molecule has 3 nitrogen and oxygen atoms in total. The summed E-state index contributed by atoms with van der Waals surface area (Å²) in [5.41, 5.74) is 0. The lowest BCUT2D eigenvalue weighted by Crippen LogP contribution is -2.34. The highest BCUT2D eigenvalue weighted by Crippen LogP contribution is 2.25. The van der Waals surface area contributed by atoms with E-state index < -0.39 is 10.8 Å². The van der Waals surface area contributed by atoms with Gasteiger partial charge >= 0.3 is 0 Å². The van der Waals surface area contributed by atoms with E-state index in [4.69, 9.17) is 4.74 Å². The van der Waals surface area contributed by atoms with Crippen LogP contribution in [0.4, 0.5) is 0 Å². The Balaban J connectivity index is 1.90. The summed E-state index contributed by atoms with van der Waals surface area (Å²) in [6.45, 7) is 1.47. The molecule has 15 heavy (non-hydrogen) atoms. The van der Waals surface area contributed by atoms with E-state index in [0.717, 1.165) is 38.9 Å². The van der Waals surface area contributed by atoms with Gasteiger partial charge in [-0.15, -0.1) is 0 Å². The molecule has 1 heterocycles. The fourth-order valence-corrected chi connectivity index (χ4v) is 4.31. The fourth-order valence-electron chi connectivity index (χ4n) is 2.36. The Kier molecular flexibility index (Phi) is 3.92. The third-order valence-electron chi connectivity index (χ3n) is 3.26. The van der Waals surface area contributed by atoms with E-state index in [0.29, 0.717) is 18.6 Å². The van der Waals surface area contributed by atoms with E-state index in [1.54, 1.807) is 0 Å². The number of carbonyl (C=O) groups is 1. The van der Waals surface area contributed by atoms with Crippen LogP contribution in [0.15, 0.2) is 0 Å². The molecule has 1 aliphatic carbocycles. The van der Waals surface area contributed by atoms with Crippen molar-refractivity contribution >= 4 is 16.6 Å². The molecule has 0 N–H and O–H groups in total.